The molecule has 0 saturated carbocycles. The van der Waals surface area contributed by atoms with Gasteiger partial charge in [0.25, 0.3) is 5.91 Å². The monoisotopic (exact) mass is 343 g/mol. The van der Waals surface area contributed by atoms with Crippen LogP contribution in [0.1, 0.15) is 22.6 Å². The van der Waals surface area contributed by atoms with Crippen molar-refractivity contribution in [3.8, 4) is 0 Å². The van der Waals surface area contributed by atoms with Gasteiger partial charge in [-0.25, -0.2) is 4.98 Å². The second-order valence-electron chi connectivity index (χ2n) is 6.49. The lowest BCUT2D eigenvalue weighted by molar-refractivity contribution is 0.0948. The van der Waals surface area contributed by atoms with Gasteiger partial charge < -0.3 is 9.88 Å². The van der Waals surface area contributed by atoms with Gasteiger partial charge in [-0.05, 0) is 43.0 Å². The fraction of sp³-hybridized carbons (Fsp3) is 0.182. The maximum Gasteiger partial charge on any atom is 0.269 e. The third-order valence-corrected chi connectivity index (χ3v) is 4.69. The van der Waals surface area contributed by atoms with Gasteiger partial charge in [0.05, 0.1) is 5.52 Å². The van der Waals surface area contributed by atoms with Gasteiger partial charge in [-0.3, -0.25) is 4.79 Å². The molecule has 0 aliphatic carbocycles. The van der Waals surface area contributed by atoms with Crippen LogP contribution in [0.3, 0.4) is 0 Å². The highest BCUT2D eigenvalue weighted by molar-refractivity contribution is 5.94. The van der Waals surface area contributed by atoms with E-state index in [0.29, 0.717) is 12.2 Å². The molecular formula is C22H21N3O. The minimum atomic E-state index is -0.121. The van der Waals surface area contributed by atoms with Crippen LogP contribution < -0.4 is 5.32 Å². The van der Waals surface area contributed by atoms with E-state index in [9.17, 15) is 4.79 Å². The zero-order valence-electron chi connectivity index (χ0n) is 14.8. The van der Waals surface area contributed by atoms with Crippen LogP contribution in [-0.2, 0) is 6.54 Å². The van der Waals surface area contributed by atoms with Gasteiger partial charge in [0, 0.05) is 29.7 Å². The molecule has 0 spiro atoms. The molecule has 130 valence electrons. The Labute approximate surface area is 152 Å². The van der Waals surface area contributed by atoms with E-state index in [2.05, 4.69) is 52.1 Å². The van der Waals surface area contributed by atoms with Crippen LogP contribution in [0.5, 0.6) is 0 Å². The zero-order chi connectivity index (χ0) is 17.9. The highest BCUT2D eigenvalue weighted by Gasteiger charge is 2.08. The molecule has 4 nitrogen and oxygen atoms in total. The van der Waals surface area contributed by atoms with Gasteiger partial charge in [0.1, 0.15) is 5.69 Å². The fourth-order valence-electron chi connectivity index (χ4n) is 3.37. The summed E-state index contributed by atoms with van der Waals surface area (Å²) in [5.41, 5.74) is 3.79. The summed E-state index contributed by atoms with van der Waals surface area (Å²) in [7, 11) is 0. The third-order valence-electron chi connectivity index (χ3n) is 4.69. The van der Waals surface area contributed by atoms with Crippen molar-refractivity contribution in [1.82, 2.24) is 14.9 Å². The van der Waals surface area contributed by atoms with E-state index in [1.807, 2.05) is 30.3 Å². The average molecular weight is 343 g/mol. The van der Waals surface area contributed by atoms with Crippen LogP contribution in [0.25, 0.3) is 21.8 Å². The smallest absolute Gasteiger partial charge is 0.269 e. The third kappa shape index (κ3) is 3.18. The molecule has 0 saturated heterocycles. The molecule has 26 heavy (non-hydrogen) atoms. The zero-order valence-corrected chi connectivity index (χ0v) is 14.8. The highest BCUT2D eigenvalue weighted by atomic mass is 16.1. The summed E-state index contributed by atoms with van der Waals surface area (Å²) >= 11 is 0. The van der Waals surface area contributed by atoms with E-state index < -0.39 is 0 Å². The number of benzene rings is 2. The summed E-state index contributed by atoms with van der Waals surface area (Å²) in [5.74, 6) is -0.121. The number of hydrogen-bond donors (Lipinski definition) is 1. The molecule has 0 atom stereocenters. The summed E-state index contributed by atoms with van der Waals surface area (Å²) in [5, 5.41) is 5.28. The van der Waals surface area contributed by atoms with Crippen molar-refractivity contribution in [2.45, 2.75) is 19.9 Å². The number of hydrogen-bond acceptors (Lipinski definition) is 2. The van der Waals surface area contributed by atoms with Crippen LogP contribution in [0, 0.1) is 6.92 Å². The molecule has 0 radical (unpaired) electrons. The van der Waals surface area contributed by atoms with Crippen molar-refractivity contribution in [2.24, 2.45) is 0 Å². The Hall–Kier alpha value is -3.14. The molecule has 4 rings (SSSR count). The van der Waals surface area contributed by atoms with Crippen LogP contribution in [0.15, 0.2) is 66.7 Å². The Kier molecular flexibility index (Phi) is 4.40. The normalized spacial score (nSPS) is 11.1. The molecule has 4 aromatic rings. The summed E-state index contributed by atoms with van der Waals surface area (Å²) in [4.78, 5) is 16.8. The van der Waals surface area contributed by atoms with Crippen molar-refractivity contribution < 1.29 is 4.79 Å². The maximum atomic E-state index is 12.3. The van der Waals surface area contributed by atoms with Crippen LogP contribution in [-0.4, -0.2) is 22.0 Å². The predicted octanol–water partition coefficient (Wildman–Crippen LogP) is 4.32. The van der Waals surface area contributed by atoms with Gasteiger partial charge in [-0.2, -0.15) is 0 Å². The Morgan fingerprint density at radius 1 is 1.00 bits per heavy atom. The Balaban J connectivity index is 1.38. The van der Waals surface area contributed by atoms with Gasteiger partial charge in [-0.1, -0.05) is 42.5 Å². The number of nitrogens with zero attached hydrogens (tertiary/aromatic N) is 2. The van der Waals surface area contributed by atoms with Gasteiger partial charge in [0.2, 0.25) is 0 Å². The number of rotatable bonds is 5. The first kappa shape index (κ1) is 16.3. The first-order valence-corrected chi connectivity index (χ1v) is 8.91. The lowest BCUT2D eigenvalue weighted by Crippen LogP contribution is -2.26. The van der Waals surface area contributed by atoms with E-state index in [0.717, 1.165) is 23.9 Å². The number of para-hydroxylation sites is 2. The Morgan fingerprint density at radius 3 is 2.65 bits per heavy atom. The van der Waals surface area contributed by atoms with Crippen molar-refractivity contribution in [3.63, 3.8) is 0 Å². The molecule has 2 aromatic heterocycles. The first-order valence-electron chi connectivity index (χ1n) is 8.91. The van der Waals surface area contributed by atoms with Crippen molar-refractivity contribution >= 4 is 27.7 Å². The molecule has 2 aromatic carbocycles. The van der Waals surface area contributed by atoms with E-state index in [1.165, 1.54) is 16.6 Å². The molecule has 0 unspecified atom stereocenters. The summed E-state index contributed by atoms with van der Waals surface area (Å²) in [6, 6.07) is 22.1. The van der Waals surface area contributed by atoms with Gasteiger partial charge in [0.15, 0.2) is 0 Å². The second-order valence-corrected chi connectivity index (χ2v) is 6.49. The molecule has 0 aliphatic heterocycles. The second kappa shape index (κ2) is 7.00. The number of amides is 1. The lowest BCUT2D eigenvalue weighted by Gasteiger charge is -2.09. The number of carbonyl (C=O) groups is 1. The van der Waals surface area contributed by atoms with Crippen molar-refractivity contribution in [2.75, 3.05) is 6.54 Å². The molecule has 1 N–H and O–H groups in total. The average Bonchev–Trinajstić information content (AvgIpc) is 3.00. The number of nitrogens with one attached hydrogen (secondary N) is 1. The minimum absolute atomic E-state index is 0.121. The standard InChI is InChI=1S/C22H21N3O/c1-16-15-18-8-3-5-10-21(18)25(16)14-6-13-23-22(26)20-12-11-17-7-2-4-9-19(17)24-20/h2-5,7-12,15H,6,13-14H2,1H3,(H,23,26). The number of carbonyl (C=O) groups excluding carboxylic acids is 1. The topological polar surface area (TPSA) is 46.9 Å². The summed E-state index contributed by atoms with van der Waals surface area (Å²) in [6.07, 6.45) is 0.874. The maximum absolute atomic E-state index is 12.3. The predicted molar refractivity (Wildman–Crippen MR) is 105 cm³/mol. The summed E-state index contributed by atoms with van der Waals surface area (Å²) < 4.78 is 2.30. The number of fused-ring (bicyclic) bond motifs is 2. The molecular weight excluding hydrogens is 322 g/mol. The van der Waals surface area contributed by atoms with Gasteiger partial charge >= 0.3 is 0 Å². The molecule has 0 fully saturated rings. The number of pyridine rings is 1. The van der Waals surface area contributed by atoms with Crippen LogP contribution in [0.4, 0.5) is 0 Å². The fourth-order valence-corrected chi connectivity index (χ4v) is 3.37. The molecule has 0 bridgehead atoms. The van der Waals surface area contributed by atoms with E-state index in [1.54, 1.807) is 6.07 Å². The molecule has 2 heterocycles. The SMILES string of the molecule is Cc1cc2ccccc2n1CCCNC(=O)c1ccc2ccccc2n1. The van der Waals surface area contributed by atoms with E-state index in [4.69, 9.17) is 0 Å². The largest absolute Gasteiger partial charge is 0.351 e. The summed E-state index contributed by atoms with van der Waals surface area (Å²) in [6.45, 7) is 3.63. The Morgan fingerprint density at radius 2 is 1.77 bits per heavy atom. The van der Waals surface area contributed by atoms with Gasteiger partial charge in [-0.15, -0.1) is 0 Å². The van der Waals surface area contributed by atoms with Crippen molar-refractivity contribution in [1.29, 1.82) is 0 Å². The number of aromatic nitrogens is 2. The molecule has 4 heteroatoms. The van der Waals surface area contributed by atoms with Crippen LogP contribution in [0.2, 0.25) is 0 Å². The van der Waals surface area contributed by atoms with Crippen molar-refractivity contribution in [3.05, 3.63) is 78.1 Å². The highest BCUT2D eigenvalue weighted by Crippen LogP contribution is 2.19. The minimum Gasteiger partial charge on any atom is -0.351 e. The quantitative estimate of drug-likeness (QED) is 0.549. The van der Waals surface area contributed by atoms with Crippen LogP contribution >= 0.6 is 0 Å². The first-order chi connectivity index (χ1) is 12.7. The lowest BCUT2D eigenvalue weighted by atomic mass is 10.2. The Bertz CT molecular complexity index is 1080. The van der Waals surface area contributed by atoms with E-state index >= 15 is 0 Å². The number of aryl methyl sites for hydroxylation is 2. The van der Waals surface area contributed by atoms with E-state index in [-0.39, 0.29) is 5.91 Å². The molecule has 1 amide bonds. The molecule has 0 aliphatic rings.